The lowest BCUT2D eigenvalue weighted by atomic mass is 10.0. The molecular weight excluding hydrogens is 298 g/mol. The first-order valence-electron chi connectivity index (χ1n) is 8.68. The Bertz CT molecular complexity index is 738. The van der Waals surface area contributed by atoms with E-state index < -0.39 is 6.10 Å². The molecule has 0 radical (unpaired) electrons. The topological polar surface area (TPSA) is 38.3 Å². The molecule has 3 heteroatoms. The molecular formula is C21H25NO2. The van der Waals surface area contributed by atoms with E-state index in [1.807, 2.05) is 38.1 Å². The Morgan fingerprint density at radius 2 is 1.88 bits per heavy atom. The van der Waals surface area contributed by atoms with Gasteiger partial charge in [0.25, 0.3) is 5.91 Å². The highest BCUT2D eigenvalue weighted by Crippen LogP contribution is 2.25. The van der Waals surface area contributed by atoms with Gasteiger partial charge in [0.15, 0.2) is 6.10 Å². The van der Waals surface area contributed by atoms with Crippen molar-refractivity contribution in [2.75, 3.05) is 0 Å². The van der Waals surface area contributed by atoms with Gasteiger partial charge in [0, 0.05) is 0 Å². The van der Waals surface area contributed by atoms with Crippen molar-refractivity contribution in [2.45, 2.75) is 52.2 Å². The van der Waals surface area contributed by atoms with E-state index in [0.29, 0.717) is 0 Å². The van der Waals surface area contributed by atoms with Crippen LogP contribution in [-0.2, 0) is 17.6 Å². The van der Waals surface area contributed by atoms with Gasteiger partial charge in [-0.3, -0.25) is 4.79 Å². The third-order valence-electron chi connectivity index (χ3n) is 4.65. The molecule has 0 aliphatic heterocycles. The average molecular weight is 323 g/mol. The van der Waals surface area contributed by atoms with Gasteiger partial charge >= 0.3 is 0 Å². The molecule has 0 saturated carbocycles. The maximum absolute atomic E-state index is 12.4. The summed E-state index contributed by atoms with van der Waals surface area (Å²) in [4.78, 5) is 12.4. The van der Waals surface area contributed by atoms with Crippen LogP contribution in [0.15, 0.2) is 42.5 Å². The van der Waals surface area contributed by atoms with Gasteiger partial charge < -0.3 is 10.1 Å². The van der Waals surface area contributed by atoms with E-state index in [2.05, 4.69) is 23.5 Å². The highest BCUT2D eigenvalue weighted by molar-refractivity contribution is 5.81. The molecule has 1 aliphatic rings. The van der Waals surface area contributed by atoms with E-state index in [1.165, 1.54) is 24.0 Å². The van der Waals surface area contributed by atoms with Crippen molar-refractivity contribution in [3.8, 4) is 5.75 Å². The second-order valence-electron chi connectivity index (χ2n) is 6.69. The molecule has 2 aromatic carbocycles. The Morgan fingerprint density at radius 3 is 2.67 bits per heavy atom. The third-order valence-corrected chi connectivity index (χ3v) is 4.65. The molecule has 0 spiro atoms. The predicted molar refractivity (Wildman–Crippen MR) is 96.3 cm³/mol. The van der Waals surface area contributed by atoms with Gasteiger partial charge in [-0.1, -0.05) is 30.3 Å². The molecule has 0 unspecified atom stereocenters. The second kappa shape index (κ2) is 7.08. The monoisotopic (exact) mass is 323 g/mol. The fourth-order valence-electron chi connectivity index (χ4n) is 3.22. The van der Waals surface area contributed by atoms with E-state index in [1.54, 1.807) is 6.92 Å². The number of nitrogens with one attached hydrogen (secondary N) is 1. The molecule has 1 N–H and O–H groups in total. The number of amides is 1. The van der Waals surface area contributed by atoms with Crippen molar-refractivity contribution < 1.29 is 9.53 Å². The molecule has 0 saturated heterocycles. The number of ether oxygens (including phenoxy) is 1. The van der Waals surface area contributed by atoms with Crippen LogP contribution < -0.4 is 10.1 Å². The van der Waals surface area contributed by atoms with Gasteiger partial charge in [0.1, 0.15) is 5.75 Å². The summed E-state index contributed by atoms with van der Waals surface area (Å²) in [6.07, 6.45) is 3.04. The number of hydrogen-bond donors (Lipinski definition) is 1. The summed E-state index contributed by atoms with van der Waals surface area (Å²) in [5.41, 5.74) is 5.16. The van der Waals surface area contributed by atoms with Crippen molar-refractivity contribution in [3.05, 3.63) is 64.7 Å². The van der Waals surface area contributed by atoms with Crippen LogP contribution in [0, 0.1) is 6.92 Å². The van der Waals surface area contributed by atoms with Crippen LogP contribution in [0.5, 0.6) is 5.75 Å². The van der Waals surface area contributed by atoms with Crippen LogP contribution >= 0.6 is 0 Å². The first-order valence-corrected chi connectivity index (χ1v) is 8.68. The largest absolute Gasteiger partial charge is 0.481 e. The Morgan fingerprint density at radius 1 is 1.08 bits per heavy atom. The van der Waals surface area contributed by atoms with Crippen LogP contribution in [-0.4, -0.2) is 12.0 Å². The Balaban J connectivity index is 1.61. The van der Waals surface area contributed by atoms with Gasteiger partial charge in [-0.05, 0) is 74.4 Å². The molecule has 24 heavy (non-hydrogen) atoms. The van der Waals surface area contributed by atoms with Crippen molar-refractivity contribution in [3.63, 3.8) is 0 Å². The standard InChI is InChI=1S/C21H25NO2/c1-14-6-4-9-20(12-14)24-16(3)21(23)22-15(2)18-11-10-17-7-5-8-19(17)13-18/h4,6,9-13,15-16H,5,7-8H2,1-3H3,(H,22,23)/t15-,16-/m0/s1. The second-order valence-corrected chi connectivity index (χ2v) is 6.69. The third kappa shape index (κ3) is 3.78. The zero-order valence-electron chi connectivity index (χ0n) is 14.6. The maximum Gasteiger partial charge on any atom is 0.261 e. The number of aryl methyl sites for hydroxylation is 3. The fourth-order valence-corrected chi connectivity index (χ4v) is 3.22. The van der Waals surface area contributed by atoms with Crippen LogP contribution in [0.4, 0.5) is 0 Å². The lowest BCUT2D eigenvalue weighted by Crippen LogP contribution is -2.37. The van der Waals surface area contributed by atoms with E-state index in [0.717, 1.165) is 23.3 Å². The molecule has 3 nitrogen and oxygen atoms in total. The number of benzene rings is 2. The van der Waals surface area contributed by atoms with Gasteiger partial charge in [0.05, 0.1) is 6.04 Å². The minimum Gasteiger partial charge on any atom is -0.481 e. The molecule has 2 atom stereocenters. The van der Waals surface area contributed by atoms with E-state index in [9.17, 15) is 4.79 Å². The fraction of sp³-hybridized carbons (Fsp3) is 0.381. The summed E-state index contributed by atoms with van der Waals surface area (Å²) in [5.74, 6) is 0.632. The predicted octanol–water partition coefficient (Wildman–Crippen LogP) is 4.13. The summed E-state index contributed by atoms with van der Waals surface area (Å²) in [5, 5.41) is 3.06. The van der Waals surface area contributed by atoms with Crippen molar-refractivity contribution in [1.29, 1.82) is 0 Å². The summed E-state index contributed by atoms with van der Waals surface area (Å²) in [7, 11) is 0. The molecule has 0 aromatic heterocycles. The van der Waals surface area contributed by atoms with Crippen LogP contribution in [0.1, 0.15) is 48.6 Å². The Kier molecular flexibility index (Phi) is 4.89. The van der Waals surface area contributed by atoms with Gasteiger partial charge in [-0.25, -0.2) is 0 Å². The molecule has 1 amide bonds. The molecule has 3 rings (SSSR count). The van der Waals surface area contributed by atoms with Crippen LogP contribution in [0.3, 0.4) is 0 Å². The summed E-state index contributed by atoms with van der Waals surface area (Å²) >= 11 is 0. The number of hydrogen-bond acceptors (Lipinski definition) is 2. The summed E-state index contributed by atoms with van der Waals surface area (Å²) in [6, 6.07) is 14.3. The summed E-state index contributed by atoms with van der Waals surface area (Å²) in [6.45, 7) is 5.81. The van der Waals surface area contributed by atoms with Crippen molar-refractivity contribution >= 4 is 5.91 Å². The number of rotatable bonds is 5. The molecule has 126 valence electrons. The highest BCUT2D eigenvalue weighted by atomic mass is 16.5. The van der Waals surface area contributed by atoms with Crippen molar-refractivity contribution in [1.82, 2.24) is 5.32 Å². The number of fused-ring (bicyclic) bond motifs is 1. The molecule has 1 aliphatic carbocycles. The number of carbonyl (C=O) groups is 1. The SMILES string of the molecule is Cc1cccc(O[C@@H](C)C(=O)N[C@@H](C)c2ccc3c(c2)CCC3)c1. The summed E-state index contributed by atoms with van der Waals surface area (Å²) < 4.78 is 5.76. The first-order chi connectivity index (χ1) is 11.5. The van der Waals surface area contributed by atoms with E-state index >= 15 is 0 Å². The van der Waals surface area contributed by atoms with Crippen LogP contribution in [0.25, 0.3) is 0 Å². The van der Waals surface area contributed by atoms with E-state index in [4.69, 9.17) is 4.74 Å². The maximum atomic E-state index is 12.4. The first kappa shape index (κ1) is 16.6. The average Bonchev–Trinajstić information content (AvgIpc) is 3.02. The molecule has 0 fully saturated rings. The Labute approximate surface area is 144 Å². The normalized spacial score (nSPS) is 15.5. The van der Waals surface area contributed by atoms with Gasteiger partial charge in [-0.15, -0.1) is 0 Å². The Hall–Kier alpha value is -2.29. The van der Waals surface area contributed by atoms with E-state index in [-0.39, 0.29) is 11.9 Å². The zero-order valence-corrected chi connectivity index (χ0v) is 14.6. The minimum absolute atomic E-state index is 0.0213. The quantitative estimate of drug-likeness (QED) is 0.898. The van der Waals surface area contributed by atoms with Gasteiger partial charge in [0.2, 0.25) is 0 Å². The van der Waals surface area contributed by atoms with Gasteiger partial charge in [-0.2, -0.15) is 0 Å². The smallest absolute Gasteiger partial charge is 0.261 e. The minimum atomic E-state index is -0.524. The number of carbonyl (C=O) groups excluding carboxylic acids is 1. The zero-order chi connectivity index (χ0) is 17.1. The molecule has 0 heterocycles. The molecule has 0 bridgehead atoms. The highest BCUT2D eigenvalue weighted by Gasteiger charge is 2.19. The van der Waals surface area contributed by atoms with Crippen LogP contribution in [0.2, 0.25) is 0 Å². The lowest BCUT2D eigenvalue weighted by Gasteiger charge is -2.20. The molecule has 2 aromatic rings. The lowest BCUT2D eigenvalue weighted by molar-refractivity contribution is -0.127. The van der Waals surface area contributed by atoms with Crippen molar-refractivity contribution in [2.24, 2.45) is 0 Å².